The van der Waals surface area contributed by atoms with Gasteiger partial charge in [0.1, 0.15) is 5.82 Å². The molecule has 1 aromatic heterocycles. The van der Waals surface area contributed by atoms with Gasteiger partial charge in [-0.25, -0.2) is 4.39 Å². The fraction of sp³-hybridized carbons (Fsp3) is 0.308. The van der Waals surface area contributed by atoms with Gasteiger partial charge >= 0.3 is 0 Å². The largest absolute Gasteiger partial charge is 0.359 e. The molecule has 0 aliphatic carbocycles. The standard InChI is InChI=1S/C13H13FN2O/c14-10-4-1-3-9(7-10)11-8-16-17-13(11)12-5-2-6-15-12/h1,3-4,7-8,12,15H,2,5-6H2. The van der Waals surface area contributed by atoms with E-state index in [0.29, 0.717) is 0 Å². The molecule has 1 fully saturated rings. The maximum absolute atomic E-state index is 13.2. The van der Waals surface area contributed by atoms with Crippen molar-refractivity contribution in [1.29, 1.82) is 0 Å². The third-order valence-corrected chi connectivity index (χ3v) is 3.11. The van der Waals surface area contributed by atoms with Crippen LogP contribution >= 0.6 is 0 Å². The number of nitrogens with one attached hydrogen (secondary N) is 1. The van der Waals surface area contributed by atoms with Gasteiger partial charge in [-0.15, -0.1) is 0 Å². The maximum atomic E-state index is 13.2. The summed E-state index contributed by atoms with van der Waals surface area (Å²) in [5, 5.41) is 7.19. The molecule has 1 aliphatic heterocycles. The van der Waals surface area contributed by atoms with Crippen LogP contribution in [-0.4, -0.2) is 11.7 Å². The van der Waals surface area contributed by atoms with Gasteiger partial charge in [0.2, 0.25) is 0 Å². The minimum absolute atomic E-state index is 0.204. The van der Waals surface area contributed by atoms with Crippen LogP contribution in [0, 0.1) is 5.82 Å². The molecule has 0 amide bonds. The smallest absolute Gasteiger partial charge is 0.161 e. The third-order valence-electron chi connectivity index (χ3n) is 3.11. The lowest BCUT2D eigenvalue weighted by atomic mass is 10.0. The van der Waals surface area contributed by atoms with E-state index < -0.39 is 0 Å². The minimum Gasteiger partial charge on any atom is -0.359 e. The van der Waals surface area contributed by atoms with Crippen molar-refractivity contribution in [3.8, 4) is 11.1 Å². The van der Waals surface area contributed by atoms with Crippen LogP contribution in [0.5, 0.6) is 0 Å². The van der Waals surface area contributed by atoms with E-state index in [1.54, 1.807) is 12.3 Å². The molecule has 0 bridgehead atoms. The van der Waals surface area contributed by atoms with Crippen molar-refractivity contribution < 1.29 is 8.91 Å². The Kier molecular flexibility index (Phi) is 2.65. The van der Waals surface area contributed by atoms with E-state index in [9.17, 15) is 4.39 Å². The van der Waals surface area contributed by atoms with Crippen LogP contribution in [0.4, 0.5) is 4.39 Å². The second-order valence-corrected chi connectivity index (χ2v) is 4.26. The number of rotatable bonds is 2. The average Bonchev–Trinajstić information content (AvgIpc) is 3.00. The van der Waals surface area contributed by atoms with Crippen molar-refractivity contribution in [2.75, 3.05) is 6.54 Å². The molecular weight excluding hydrogens is 219 g/mol. The summed E-state index contributed by atoms with van der Waals surface area (Å²) in [5.74, 6) is 0.571. The van der Waals surface area contributed by atoms with E-state index >= 15 is 0 Å². The first kappa shape index (κ1) is 10.5. The summed E-state index contributed by atoms with van der Waals surface area (Å²) in [6.45, 7) is 0.994. The topological polar surface area (TPSA) is 38.1 Å². The summed E-state index contributed by atoms with van der Waals surface area (Å²) < 4.78 is 18.5. The monoisotopic (exact) mass is 232 g/mol. The lowest BCUT2D eigenvalue weighted by Crippen LogP contribution is -2.12. The zero-order valence-corrected chi connectivity index (χ0v) is 9.32. The van der Waals surface area contributed by atoms with Crippen LogP contribution in [0.1, 0.15) is 24.6 Å². The summed E-state index contributed by atoms with van der Waals surface area (Å²) in [4.78, 5) is 0. The molecule has 0 spiro atoms. The summed E-state index contributed by atoms with van der Waals surface area (Å²) in [5.41, 5.74) is 1.69. The number of hydrogen-bond donors (Lipinski definition) is 1. The Labute approximate surface area is 98.6 Å². The zero-order chi connectivity index (χ0) is 11.7. The summed E-state index contributed by atoms with van der Waals surface area (Å²) >= 11 is 0. The first-order valence-corrected chi connectivity index (χ1v) is 5.78. The van der Waals surface area contributed by atoms with Crippen LogP contribution in [0.25, 0.3) is 11.1 Å². The van der Waals surface area contributed by atoms with Gasteiger partial charge in [0, 0.05) is 5.56 Å². The lowest BCUT2D eigenvalue weighted by molar-refractivity contribution is 0.352. The van der Waals surface area contributed by atoms with E-state index in [1.165, 1.54) is 12.1 Å². The quantitative estimate of drug-likeness (QED) is 0.865. The Hall–Kier alpha value is -1.68. The molecule has 4 heteroatoms. The second kappa shape index (κ2) is 4.30. The van der Waals surface area contributed by atoms with E-state index in [2.05, 4.69) is 10.5 Å². The van der Waals surface area contributed by atoms with Gasteiger partial charge in [0.25, 0.3) is 0 Å². The van der Waals surface area contributed by atoms with Crippen molar-refractivity contribution in [2.45, 2.75) is 18.9 Å². The molecule has 1 N–H and O–H groups in total. The van der Waals surface area contributed by atoms with Gasteiger partial charge in [0.15, 0.2) is 5.76 Å². The molecule has 3 nitrogen and oxygen atoms in total. The highest BCUT2D eigenvalue weighted by Crippen LogP contribution is 2.32. The molecule has 0 radical (unpaired) electrons. The van der Waals surface area contributed by atoms with Crippen molar-refractivity contribution in [2.24, 2.45) is 0 Å². The third kappa shape index (κ3) is 1.96. The Balaban J connectivity index is 2.00. The number of benzene rings is 1. The molecule has 17 heavy (non-hydrogen) atoms. The normalized spacial score (nSPS) is 19.7. The molecule has 1 saturated heterocycles. The van der Waals surface area contributed by atoms with Crippen LogP contribution in [0.2, 0.25) is 0 Å². The summed E-state index contributed by atoms with van der Waals surface area (Å²) in [6, 6.07) is 6.71. The summed E-state index contributed by atoms with van der Waals surface area (Å²) in [6.07, 6.45) is 3.83. The lowest BCUT2D eigenvalue weighted by Gasteiger charge is -2.08. The second-order valence-electron chi connectivity index (χ2n) is 4.26. The fourth-order valence-electron chi connectivity index (χ4n) is 2.28. The molecule has 1 atom stereocenters. The predicted molar refractivity (Wildman–Crippen MR) is 61.9 cm³/mol. The van der Waals surface area contributed by atoms with E-state index in [1.807, 2.05) is 6.07 Å². The van der Waals surface area contributed by atoms with E-state index in [-0.39, 0.29) is 11.9 Å². The molecule has 1 aromatic carbocycles. The van der Waals surface area contributed by atoms with Crippen LogP contribution in [-0.2, 0) is 0 Å². The first-order valence-electron chi connectivity index (χ1n) is 5.78. The van der Waals surface area contributed by atoms with Gasteiger partial charge in [-0.2, -0.15) is 0 Å². The fourth-order valence-corrected chi connectivity index (χ4v) is 2.28. The number of aromatic nitrogens is 1. The van der Waals surface area contributed by atoms with Crippen molar-refractivity contribution in [3.63, 3.8) is 0 Å². The SMILES string of the molecule is Fc1cccc(-c2cnoc2C2CCCN2)c1. The van der Waals surface area contributed by atoms with E-state index in [0.717, 1.165) is 36.3 Å². The Morgan fingerprint density at radius 3 is 3.12 bits per heavy atom. The van der Waals surface area contributed by atoms with Gasteiger partial charge < -0.3 is 9.84 Å². The molecule has 2 heterocycles. The number of nitrogens with zero attached hydrogens (tertiary/aromatic N) is 1. The van der Waals surface area contributed by atoms with Crippen molar-refractivity contribution >= 4 is 0 Å². The molecule has 2 aromatic rings. The molecule has 3 rings (SSSR count). The Morgan fingerprint density at radius 2 is 2.35 bits per heavy atom. The molecular formula is C13H13FN2O. The van der Waals surface area contributed by atoms with E-state index in [4.69, 9.17) is 4.52 Å². The van der Waals surface area contributed by atoms with Crippen LogP contribution < -0.4 is 5.32 Å². The average molecular weight is 232 g/mol. The minimum atomic E-state index is -0.242. The Bertz CT molecular complexity index is 518. The zero-order valence-electron chi connectivity index (χ0n) is 9.32. The highest BCUT2D eigenvalue weighted by molar-refractivity contribution is 5.65. The molecule has 1 aliphatic rings. The number of hydrogen-bond acceptors (Lipinski definition) is 3. The first-order chi connectivity index (χ1) is 8.34. The Morgan fingerprint density at radius 1 is 1.41 bits per heavy atom. The molecule has 1 unspecified atom stereocenters. The molecule has 88 valence electrons. The van der Waals surface area contributed by atoms with Crippen molar-refractivity contribution in [3.05, 3.63) is 42.0 Å². The van der Waals surface area contributed by atoms with Crippen molar-refractivity contribution in [1.82, 2.24) is 10.5 Å². The predicted octanol–water partition coefficient (Wildman–Crippen LogP) is 2.91. The van der Waals surface area contributed by atoms with Crippen LogP contribution in [0.15, 0.2) is 35.0 Å². The highest BCUT2D eigenvalue weighted by Gasteiger charge is 2.24. The highest BCUT2D eigenvalue weighted by atomic mass is 19.1. The molecule has 0 saturated carbocycles. The van der Waals surface area contributed by atoms with Gasteiger partial charge in [-0.1, -0.05) is 17.3 Å². The van der Waals surface area contributed by atoms with Gasteiger partial charge in [-0.3, -0.25) is 0 Å². The maximum Gasteiger partial charge on any atom is 0.161 e. The number of halogens is 1. The summed E-state index contributed by atoms with van der Waals surface area (Å²) in [7, 11) is 0. The van der Waals surface area contributed by atoms with Crippen LogP contribution in [0.3, 0.4) is 0 Å². The van der Waals surface area contributed by atoms with Gasteiger partial charge in [-0.05, 0) is 37.1 Å². The van der Waals surface area contributed by atoms with Gasteiger partial charge in [0.05, 0.1) is 12.2 Å².